The van der Waals surface area contributed by atoms with Gasteiger partial charge in [-0.2, -0.15) is 0 Å². The topological polar surface area (TPSA) is 87.2 Å². The first kappa shape index (κ1) is 21.7. The summed E-state index contributed by atoms with van der Waals surface area (Å²) in [4.78, 5) is 36.2. The van der Waals surface area contributed by atoms with E-state index in [1.165, 1.54) is 6.92 Å². The van der Waals surface area contributed by atoms with Crippen LogP contribution in [-0.2, 0) is 4.79 Å². The van der Waals surface area contributed by atoms with Crippen LogP contribution >= 0.6 is 0 Å². The minimum atomic E-state index is -0.136. The first-order chi connectivity index (χ1) is 15.5. The Morgan fingerprint density at radius 1 is 1.16 bits per heavy atom. The molecule has 0 radical (unpaired) electrons. The number of benzene rings is 1. The van der Waals surface area contributed by atoms with Crippen molar-refractivity contribution in [2.24, 2.45) is 0 Å². The number of fused-ring (bicyclic) bond motifs is 1. The van der Waals surface area contributed by atoms with Crippen molar-refractivity contribution in [3.05, 3.63) is 53.9 Å². The Kier molecular flexibility index (Phi) is 6.35. The van der Waals surface area contributed by atoms with Crippen molar-refractivity contribution in [2.45, 2.75) is 52.5 Å². The van der Waals surface area contributed by atoms with E-state index >= 15 is 0 Å². The summed E-state index contributed by atoms with van der Waals surface area (Å²) < 4.78 is 0. The summed E-state index contributed by atoms with van der Waals surface area (Å²) in [7, 11) is 0. The van der Waals surface area contributed by atoms with Crippen LogP contribution in [0, 0.1) is 6.92 Å². The van der Waals surface area contributed by atoms with Crippen LogP contribution in [0.5, 0.6) is 0 Å². The Labute approximate surface area is 188 Å². The molecule has 1 fully saturated rings. The van der Waals surface area contributed by atoms with E-state index in [-0.39, 0.29) is 17.9 Å². The van der Waals surface area contributed by atoms with Crippen LogP contribution in [0.15, 0.2) is 42.6 Å². The van der Waals surface area contributed by atoms with Gasteiger partial charge in [-0.3, -0.25) is 9.59 Å². The fraction of sp³-hybridized carbons (Fsp3) is 0.360. The summed E-state index contributed by atoms with van der Waals surface area (Å²) in [6.45, 7) is 6.29. The molecule has 7 heteroatoms. The Morgan fingerprint density at radius 2 is 1.97 bits per heavy atom. The molecule has 2 N–H and O–H groups in total. The van der Waals surface area contributed by atoms with Crippen molar-refractivity contribution in [3.63, 3.8) is 0 Å². The highest BCUT2D eigenvalue weighted by Gasteiger charge is 2.28. The fourth-order valence-electron chi connectivity index (χ4n) is 4.34. The molecule has 1 aliphatic heterocycles. The quantitative estimate of drug-likeness (QED) is 0.591. The maximum absolute atomic E-state index is 13.7. The van der Waals surface area contributed by atoms with Gasteiger partial charge in [-0.25, -0.2) is 9.97 Å². The van der Waals surface area contributed by atoms with E-state index in [1.807, 2.05) is 48.2 Å². The standard InChI is InChI=1S/C25H29N5O2/c1-4-20-10-5-6-13-30(20)25(32)22-15-26-24-21(12-11-16(2)27-24)23(22)29-19-9-7-8-18(14-19)28-17(3)31/h7-9,11-12,14-15,20H,4-6,10,13H2,1-3H3,(H,28,31)(H,26,27,29). The van der Waals surface area contributed by atoms with Gasteiger partial charge in [0.25, 0.3) is 5.91 Å². The molecule has 166 valence electrons. The number of aromatic nitrogens is 2. The lowest BCUT2D eigenvalue weighted by molar-refractivity contribution is -0.114. The van der Waals surface area contributed by atoms with Gasteiger partial charge in [0.05, 0.1) is 11.3 Å². The van der Waals surface area contributed by atoms with E-state index in [9.17, 15) is 9.59 Å². The number of likely N-dealkylation sites (tertiary alicyclic amines) is 1. The van der Waals surface area contributed by atoms with Gasteiger partial charge in [0.15, 0.2) is 5.65 Å². The SMILES string of the molecule is CCC1CCCCN1C(=O)c1cnc2nc(C)ccc2c1Nc1cccc(NC(C)=O)c1. The van der Waals surface area contributed by atoms with Gasteiger partial charge in [0, 0.05) is 48.2 Å². The molecule has 3 heterocycles. The van der Waals surface area contributed by atoms with Crippen molar-refractivity contribution in [2.75, 3.05) is 17.2 Å². The monoisotopic (exact) mass is 431 g/mol. The highest BCUT2D eigenvalue weighted by molar-refractivity contribution is 6.07. The molecule has 2 aromatic heterocycles. The Morgan fingerprint density at radius 3 is 2.75 bits per heavy atom. The molecule has 1 aliphatic rings. The molecular weight excluding hydrogens is 402 g/mol. The van der Waals surface area contributed by atoms with Crippen LogP contribution in [0.2, 0.25) is 0 Å². The lowest BCUT2D eigenvalue weighted by Gasteiger charge is -2.35. The predicted octanol–water partition coefficient (Wildman–Crippen LogP) is 5.04. The second kappa shape index (κ2) is 9.34. The number of rotatable bonds is 5. The molecule has 1 atom stereocenters. The van der Waals surface area contributed by atoms with Crippen molar-refractivity contribution in [1.82, 2.24) is 14.9 Å². The molecule has 2 amide bonds. The second-order valence-electron chi connectivity index (χ2n) is 8.31. The Bertz CT molecular complexity index is 1160. The molecule has 0 spiro atoms. The van der Waals surface area contributed by atoms with Gasteiger partial charge in [0.1, 0.15) is 0 Å². The average molecular weight is 432 g/mol. The normalized spacial score (nSPS) is 16.1. The highest BCUT2D eigenvalue weighted by Crippen LogP contribution is 2.32. The van der Waals surface area contributed by atoms with Gasteiger partial charge in [-0.1, -0.05) is 13.0 Å². The number of piperidine rings is 1. The van der Waals surface area contributed by atoms with Crippen LogP contribution in [0.25, 0.3) is 11.0 Å². The largest absolute Gasteiger partial charge is 0.354 e. The molecule has 1 saturated heterocycles. The number of nitrogens with zero attached hydrogens (tertiary/aromatic N) is 3. The lowest BCUT2D eigenvalue weighted by atomic mass is 9.98. The number of hydrogen-bond acceptors (Lipinski definition) is 5. The van der Waals surface area contributed by atoms with Crippen molar-refractivity contribution >= 4 is 39.9 Å². The summed E-state index contributed by atoms with van der Waals surface area (Å²) >= 11 is 0. The third kappa shape index (κ3) is 4.56. The van der Waals surface area contributed by atoms with Gasteiger partial charge in [-0.15, -0.1) is 0 Å². The van der Waals surface area contributed by atoms with Crippen molar-refractivity contribution in [1.29, 1.82) is 0 Å². The number of carbonyl (C=O) groups excluding carboxylic acids is 2. The first-order valence-electron chi connectivity index (χ1n) is 11.2. The molecule has 0 bridgehead atoms. The number of carbonyl (C=O) groups is 2. The zero-order valence-electron chi connectivity index (χ0n) is 18.8. The fourth-order valence-corrected chi connectivity index (χ4v) is 4.34. The number of aryl methyl sites for hydroxylation is 1. The summed E-state index contributed by atoms with van der Waals surface area (Å²) in [5, 5.41) is 7.01. The van der Waals surface area contributed by atoms with E-state index in [0.717, 1.165) is 49.0 Å². The van der Waals surface area contributed by atoms with Crippen LogP contribution in [-0.4, -0.2) is 39.3 Å². The summed E-state index contributed by atoms with van der Waals surface area (Å²) in [5.41, 5.74) is 4.13. The molecule has 1 aromatic carbocycles. The maximum Gasteiger partial charge on any atom is 0.257 e. The zero-order chi connectivity index (χ0) is 22.7. The second-order valence-corrected chi connectivity index (χ2v) is 8.31. The molecule has 32 heavy (non-hydrogen) atoms. The number of hydrogen-bond donors (Lipinski definition) is 2. The molecule has 0 aliphatic carbocycles. The van der Waals surface area contributed by atoms with E-state index in [4.69, 9.17) is 0 Å². The van der Waals surface area contributed by atoms with Gasteiger partial charge in [0.2, 0.25) is 5.91 Å². The van der Waals surface area contributed by atoms with Crippen molar-refractivity contribution < 1.29 is 9.59 Å². The minimum Gasteiger partial charge on any atom is -0.354 e. The third-order valence-corrected chi connectivity index (χ3v) is 5.91. The van der Waals surface area contributed by atoms with Crippen molar-refractivity contribution in [3.8, 4) is 0 Å². The van der Waals surface area contributed by atoms with Gasteiger partial charge in [-0.05, 0) is 62.9 Å². The van der Waals surface area contributed by atoms with E-state index in [0.29, 0.717) is 22.6 Å². The third-order valence-electron chi connectivity index (χ3n) is 5.91. The van der Waals surface area contributed by atoms with Gasteiger partial charge >= 0.3 is 0 Å². The summed E-state index contributed by atoms with van der Waals surface area (Å²) in [6, 6.07) is 11.6. The van der Waals surface area contributed by atoms with E-state index < -0.39 is 0 Å². The van der Waals surface area contributed by atoms with Crippen LogP contribution < -0.4 is 10.6 Å². The molecule has 0 saturated carbocycles. The maximum atomic E-state index is 13.7. The van der Waals surface area contributed by atoms with E-state index in [1.54, 1.807) is 6.20 Å². The number of anilines is 3. The molecular formula is C25H29N5O2. The Balaban J connectivity index is 1.78. The van der Waals surface area contributed by atoms with Crippen LogP contribution in [0.1, 0.15) is 55.6 Å². The molecule has 4 rings (SSSR count). The smallest absolute Gasteiger partial charge is 0.257 e. The molecule has 3 aromatic rings. The van der Waals surface area contributed by atoms with Gasteiger partial charge < -0.3 is 15.5 Å². The number of pyridine rings is 2. The average Bonchev–Trinajstić information content (AvgIpc) is 2.78. The first-order valence-corrected chi connectivity index (χ1v) is 11.2. The Hall–Kier alpha value is -3.48. The highest BCUT2D eigenvalue weighted by atomic mass is 16.2. The lowest BCUT2D eigenvalue weighted by Crippen LogP contribution is -2.43. The molecule has 1 unspecified atom stereocenters. The predicted molar refractivity (Wildman–Crippen MR) is 127 cm³/mol. The zero-order valence-corrected chi connectivity index (χ0v) is 18.8. The van der Waals surface area contributed by atoms with Crippen LogP contribution in [0.4, 0.5) is 17.1 Å². The van der Waals surface area contributed by atoms with Crippen LogP contribution in [0.3, 0.4) is 0 Å². The van der Waals surface area contributed by atoms with E-state index in [2.05, 4.69) is 27.5 Å². The molecule has 7 nitrogen and oxygen atoms in total. The summed E-state index contributed by atoms with van der Waals surface area (Å²) in [5.74, 6) is -0.144. The summed E-state index contributed by atoms with van der Waals surface area (Å²) in [6.07, 6.45) is 5.78. The minimum absolute atomic E-state index is 0.00737. The number of amides is 2. The number of nitrogens with one attached hydrogen (secondary N) is 2.